The third-order valence-electron chi connectivity index (χ3n) is 4.06. The van der Waals surface area contributed by atoms with Crippen molar-refractivity contribution in [2.24, 2.45) is 5.73 Å². The molecule has 1 aromatic carbocycles. The molecule has 2 atom stereocenters. The number of fused-ring (bicyclic) bond motifs is 1. The smallest absolute Gasteiger partial charge is 0.119 e. The molecule has 3 rings (SSSR count). The van der Waals surface area contributed by atoms with E-state index >= 15 is 0 Å². The van der Waals surface area contributed by atoms with Gasteiger partial charge in [0.25, 0.3) is 0 Å². The molecule has 19 heavy (non-hydrogen) atoms. The molecule has 0 amide bonds. The summed E-state index contributed by atoms with van der Waals surface area (Å²) in [6.07, 6.45) is 0. The second kappa shape index (κ2) is 4.47. The first-order chi connectivity index (χ1) is 9.08. The summed E-state index contributed by atoms with van der Waals surface area (Å²) < 4.78 is 7.70. The van der Waals surface area contributed by atoms with Crippen LogP contribution in [0.2, 0.25) is 5.02 Å². The summed E-state index contributed by atoms with van der Waals surface area (Å²) >= 11 is 6.32. The van der Waals surface area contributed by atoms with Crippen LogP contribution >= 0.6 is 11.6 Å². The number of aryl methyl sites for hydroxylation is 1. The van der Waals surface area contributed by atoms with E-state index in [1.165, 1.54) is 0 Å². The van der Waals surface area contributed by atoms with Gasteiger partial charge in [0.2, 0.25) is 0 Å². The first-order valence-electron chi connectivity index (χ1n) is 6.56. The van der Waals surface area contributed by atoms with E-state index in [9.17, 15) is 0 Å². The molecule has 0 saturated carbocycles. The highest BCUT2D eigenvalue weighted by Gasteiger charge is 2.43. The molecule has 2 N–H and O–H groups in total. The van der Waals surface area contributed by atoms with Gasteiger partial charge in [-0.3, -0.25) is 0 Å². The lowest BCUT2D eigenvalue weighted by Crippen LogP contribution is -2.43. The molecular formula is C14H18ClN3O. The van der Waals surface area contributed by atoms with Gasteiger partial charge in [-0.25, -0.2) is 4.98 Å². The number of halogens is 1. The van der Waals surface area contributed by atoms with Crippen LogP contribution in [0.1, 0.15) is 19.7 Å². The molecule has 2 heterocycles. The second-order valence-corrected chi connectivity index (χ2v) is 5.73. The number of hydrogen-bond acceptors (Lipinski definition) is 3. The minimum absolute atomic E-state index is 0.0339. The summed E-state index contributed by atoms with van der Waals surface area (Å²) in [5.41, 5.74) is 7.87. The monoisotopic (exact) mass is 279 g/mol. The Morgan fingerprint density at radius 2 is 2.37 bits per heavy atom. The first-order valence-corrected chi connectivity index (χ1v) is 6.94. The van der Waals surface area contributed by atoms with E-state index in [1.807, 2.05) is 18.2 Å². The minimum Gasteiger partial charge on any atom is -0.379 e. The Morgan fingerprint density at radius 1 is 1.58 bits per heavy atom. The highest BCUT2D eigenvalue weighted by molar-refractivity contribution is 6.35. The number of nitrogens with zero attached hydrogens (tertiary/aromatic N) is 2. The molecule has 1 aliphatic heterocycles. The predicted molar refractivity (Wildman–Crippen MR) is 76.6 cm³/mol. The van der Waals surface area contributed by atoms with Crippen LogP contribution in [0, 0.1) is 0 Å². The van der Waals surface area contributed by atoms with E-state index in [4.69, 9.17) is 27.1 Å². The summed E-state index contributed by atoms with van der Waals surface area (Å²) in [5.74, 6) is 0.975. The molecule has 1 aromatic heterocycles. The number of benzene rings is 1. The summed E-state index contributed by atoms with van der Waals surface area (Å²) in [6, 6.07) is 5.78. The van der Waals surface area contributed by atoms with E-state index < -0.39 is 0 Å². The molecule has 1 saturated heterocycles. The van der Waals surface area contributed by atoms with E-state index in [1.54, 1.807) is 0 Å². The average Bonchev–Trinajstić information content (AvgIpc) is 2.93. The number of imidazole rings is 1. The molecule has 2 aromatic rings. The van der Waals surface area contributed by atoms with Crippen LogP contribution < -0.4 is 5.73 Å². The summed E-state index contributed by atoms with van der Waals surface area (Å²) in [4.78, 5) is 4.77. The van der Waals surface area contributed by atoms with Crippen molar-refractivity contribution in [3.8, 4) is 0 Å². The number of aromatic nitrogens is 2. The molecule has 1 aliphatic rings. The standard InChI is InChI=1S/C14H18ClN3O/c1-3-18-12-9(15)5-4-6-10(12)17-13(18)14(2)8-19-7-11(14)16/h4-6,11H,3,7-8,16H2,1-2H3. The van der Waals surface area contributed by atoms with E-state index in [2.05, 4.69) is 18.4 Å². The molecule has 2 unspecified atom stereocenters. The lowest BCUT2D eigenvalue weighted by atomic mass is 9.85. The molecule has 102 valence electrons. The Hall–Kier alpha value is -1.10. The topological polar surface area (TPSA) is 53.1 Å². The van der Waals surface area contributed by atoms with Gasteiger partial charge in [-0.15, -0.1) is 0 Å². The maximum atomic E-state index is 6.32. The molecule has 5 heteroatoms. The molecule has 4 nitrogen and oxygen atoms in total. The third-order valence-corrected chi connectivity index (χ3v) is 4.37. The Labute approximate surface area is 117 Å². The van der Waals surface area contributed by atoms with Crippen molar-refractivity contribution in [2.45, 2.75) is 31.8 Å². The maximum absolute atomic E-state index is 6.32. The lowest BCUT2D eigenvalue weighted by molar-refractivity contribution is 0.177. The van der Waals surface area contributed by atoms with Crippen molar-refractivity contribution in [2.75, 3.05) is 13.2 Å². The largest absolute Gasteiger partial charge is 0.379 e. The van der Waals surface area contributed by atoms with Crippen LogP contribution in [-0.2, 0) is 16.7 Å². The van der Waals surface area contributed by atoms with Crippen molar-refractivity contribution >= 4 is 22.6 Å². The Kier molecular flexibility index (Phi) is 3.04. The van der Waals surface area contributed by atoms with Gasteiger partial charge in [-0.05, 0) is 26.0 Å². The fraction of sp³-hybridized carbons (Fsp3) is 0.500. The quantitative estimate of drug-likeness (QED) is 0.918. The molecular weight excluding hydrogens is 262 g/mol. The van der Waals surface area contributed by atoms with Crippen molar-refractivity contribution in [3.05, 3.63) is 29.0 Å². The summed E-state index contributed by atoms with van der Waals surface area (Å²) in [6.45, 7) is 6.22. The summed E-state index contributed by atoms with van der Waals surface area (Å²) in [5, 5.41) is 0.731. The predicted octanol–water partition coefficient (Wildman–Crippen LogP) is 2.32. The number of hydrogen-bond donors (Lipinski definition) is 1. The van der Waals surface area contributed by atoms with Crippen molar-refractivity contribution in [1.82, 2.24) is 9.55 Å². The number of rotatable bonds is 2. The number of para-hydroxylation sites is 1. The van der Waals surface area contributed by atoms with Crippen LogP contribution in [0.15, 0.2) is 18.2 Å². The average molecular weight is 280 g/mol. The molecule has 0 radical (unpaired) electrons. The minimum atomic E-state index is -0.252. The van der Waals surface area contributed by atoms with E-state index in [0.717, 1.165) is 28.4 Å². The Bertz CT molecular complexity index is 624. The van der Waals surface area contributed by atoms with Crippen LogP contribution in [-0.4, -0.2) is 28.8 Å². The zero-order chi connectivity index (χ0) is 13.6. The van der Waals surface area contributed by atoms with Crippen molar-refractivity contribution < 1.29 is 4.74 Å². The van der Waals surface area contributed by atoms with Crippen LogP contribution in [0.3, 0.4) is 0 Å². The zero-order valence-electron chi connectivity index (χ0n) is 11.2. The first kappa shape index (κ1) is 12.9. The fourth-order valence-electron chi connectivity index (χ4n) is 2.80. The van der Waals surface area contributed by atoms with Gasteiger partial charge in [0.15, 0.2) is 0 Å². The normalized spacial score (nSPS) is 27.3. The van der Waals surface area contributed by atoms with Gasteiger partial charge >= 0.3 is 0 Å². The van der Waals surface area contributed by atoms with E-state index in [-0.39, 0.29) is 11.5 Å². The molecule has 1 fully saturated rings. The second-order valence-electron chi connectivity index (χ2n) is 5.33. The molecule has 0 bridgehead atoms. The highest BCUT2D eigenvalue weighted by atomic mass is 35.5. The lowest BCUT2D eigenvalue weighted by Gasteiger charge is -2.27. The zero-order valence-corrected chi connectivity index (χ0v) is 11.9. The van der Waals surface area contributed by atoms with Crippen molar-refractivity contribution in [1.29, 1.82) is 0 Å². The van der Waals surface area contributed by atoms with Gasteiger partial charge in [0.1, 0.15) is 5.82 Å². The molecule has 0 spiro atoms. The number of ether oxygens (including phenoxy) is 1. The van der Waals surface area contributed by atoms with Gasteiger partial charge in [0, 0.05) is 12.6 Å². The highest BCUT2D eigenvalue weighted by Crippen LogP contribution is 2.35. The number of nitrogens with two attached hydrogens (primary N) is 1. The van der Waals surface area contributed by atoms with Gasteiger partial charge in [-0.1, -0.05) is 17.7 Å². The Balaban J connectivity index is 2.27. The van der Waals surface area contributed by atoms with E-state index in [0.29, 0.717) is 13.2 Å². The van der Waals surface area contributed by atoms with Crippen LogP contribution in [0.5, 0.6) is 0 Å². The van der Waals surface area contributed by atoms with Gasteiger partial charge < -0.3 is 15.0 Å². The van der Waals surface area contributed by atoms with Gasteiger partial charge in [-0.2, -0.15) is 0 Å². The maximum Gasteiger partial charge on any atom is 0.119 e. The van der Waals surface area contributed by atoms with Crippen LogP contribution in [0.25, 0.3) is 11.0 Å². The fourth-order valence-corrected chi connectivity index (χ4v) is 3.08. The van der Waals surface area contributed by atoms with Crippen LogP contribution in [0.4, 0.5) is 0 Å². The summed E-state index contributed by atoms with van der Waals surface area (Å²) in [7, 11) is 0. The van der Waals surface area contributed by atoms with Crippen molar-refractivity contribution in [3.63, 3.8) is 0 Å². The SMILES string of the molecule is CCn1c(C2(C)COCC2N)nc2cccc(Cl)c21. The molecule has 0 aliphatic carbocycles. The Morgan fingerprint density at radius 3 is 3.00 bits per heavy atom. The van der Waals surface area contributed by atoms with Gasteiger partial charge in [0.05, 0.1) is 34.7 Å². The third kappa shape index (κ3) is 1.78.